The number of fused-ring (bicyclic) bond motifs is 2. The highest BCUT2D eigenvalue weighted by Crippen LogP contribution is 2.24. The van der Waals surface area contributed by atoms with Crippen LogP contribution in [0.1, 0.15) is 22.3 Å². The Bertz CT molecular complexity index is 818. The molecule has 0 aromatic heterocycles. The van der Waals surface area contributed by atoms with Crippen LogP contribution in [0.15, 0.2) is 36.4 Å². The van der Waals surface area contributed by atoms with E-state index in [0.29, 0.717) is 0 Å². The first-order valence-corrected chi connectivity index (χ1v) is 6.21. The molecule has 2 aromatic carbocycles. The van der Waals surface area contributed by atoms with Crippen LogP contribution in [-0.4, -0.2) is 0 Å². The van der Waals surface area contributed by atoms with Crippen LogP contribution in [0.2, 0.25) is 0 Å². The maximum Gasteiger partial charge on any atom is -0.0178 e. The van der Waals surface area contributed by atoms with Gasteiger partial charge in [0.15, 0.2) is 0 Å². The van der Waals surface area contributed by atoms with Gasteiger partial charge in [0, 0.05) is 0 Å². The maximum atomic E-state index is 2.23. The molecule has 0 N–H and O–H groups in total. The molecule has 2 aliphatic rings. The zero-order valence-corrected chi connectivity index (χ0v) is 9.93. The van der Waals surface area contributed by atoms with Crippen LogP contribution in [0.3, 0.4) is 0 Å². The topological polar surface area (TPSA) is 0 Å². The molecule has 0 heteroatoms. The van der Waals surface area contributed by atoms with Crippen molar-refractivity contribution < 1.29 is 0 Å². The van der Waals surface area contributed by atoms with E-state index in [2.05, 4.69) is 72.9 Å². The van der Waals surface area contributed by atoms with Crippen molar-refractivity contribution >= 4 is 36.5 Å². The van der Waals surface area contributed by atoms with Crippen molar-refractivity contribution in [3.63, 3.8) is 0 Å². The van der Waals surface area contributed by atoms with Crippen LogP contribution in [0.4, 0.5) is 0 Å². The highest BCUT2D eigenvalue weighted by Gasteiger charge is 2.03. The van der Waals surface area contributed by atoms with Crippen LogP contribution < -0.4 is 10.4 Å². The molecule has 0 atom stereocenters. The summed E-state index contributed by atoms with van der Waals surface area (Å²) in [5.74, 6) is 0. The molecule has 0 saturated heterocycles. The number of rotatable bonds is 2. The van der Waals surface area contributed by atoms with Crippen LogP contribution in [0.5, 0.6) is 0 Å². The second-order valence-corrected chi connectivity index (χ2v) is 4.78. The van der Waals surface area contributed by atoms with Gasteiger partial charge in [0.25, 0.3) is 0 Å². The summed E-state index contributed by atoms with van der Waals surface area (Å²) in [5, 5.41) is 2.69. The lowest BCUT2D eigenvalue weighted by Gasteiger charge is -2.10. The SMILES string of the molecule is C(=Cc1ccc2c(c1)=CC=2)c1ccc2c(c1)C=C2. The number of hydrogen-bond acceptors (Lipinski definition) is 0. The van der Waals surface area contributed by atoms with Crippen molar-refractivity contribution in [2.24, 2.45) is 0 Å². The summed E-state index contributed by atoms with van der Waals surface area (Å²) in [6.45, 7) is 0. The summed E-state index contributed by atoms with van der Waals surface area (Å²) in [6.07, 6.45) is 13.0. The molecule has 4 rings (SSSR count). The number of benzene rings is 2. The molecule has 2 aliphatic carbocycles. The first-order chi connectivity index (χ1) is 8.88. The van der Waals surface area contributed by atoms with E-state index in [9.17, 15) is 0 Å². The van der Waals surface area contributed by atoms with Gasteiger partial charge in [-0.05, 0) is 44.8 Å². The Kier molecular flexibility index (Phi) is 1.92. The first kappa shape index (κ1) is 9.67. The minimum atomic E-state index is 1.26. The zero-order valence-electron chi connectivity index (χ0n) is 9.93. The summed E-state index contributed by atoms with van der Waals surface area (Å²) < 4.78 is 0. The molecule has 0 bridgehead atoms. The summed E-state index contributed by atoms with van der Waals surface area (Å²) in [4.78, 5) is 0. The minimum absolute atomic E-state index is 1.26. The quantitative estimate of drug-likeness (QED) is 0.592. The molecule has 0 unspecified atom stereocenters. The lowest BCUT2D eigenvalue weighted by Crippen LogP contribution is -2.29. The molecule has 0 radical (unpaired) electrons. The summed E-state index contributed by atoms with van der Waals surface area (Å²) >= 11 is 0. The Hall–Kier alpha value is -2.34. The van der Waals surface area contributed by atoms with E-state index in [1.807, 2.05) is 0 Å². The minimum Gasteiger partial charge on any atom is -0.0544 e. The Labute approximate surface area is 106 Å². The molecule has 0 heterocycles. The summed E-state index contributed by atoms with van der Waals surface area (Å²) in [5.41, 5.74) is 5.21. The van der Waals surface area contributed by atoms with Gasteiger partial charge >= 0.3 is 0 Å². The molecule has 0 spiro atoms. The molecule has 84 valence electrons. The van der Waals surface area contributed by atoms with Crippen molar-refractivity contribution in [1.82, 2.24) is 0 Å². The molecule has 0 aliphatic heterocycles. The Balaban J connectivity index is 1.65. The fourth-order valence-corrected chi connectivity index (χ4v) is 2.35. The number of hydrogen-bond donors (Lipinski definition) is 0. The Morgan fingerprint density at radius 2 is 1.33 bits per heavy atom. The maximum absolute atomic E-state index is 2.23. The third-order valence-corrected chi connectivity index (χ3v) is 3.57. The summed E-state index contributed by atoms with van der Waals surface area (Å²) in [6, 6.07) is 13.1. The zero-order chi connectivity index (χ0) is 11.9. The second-order valence-electron chi connectivity index (χ2n) is 4.78. The van der Waals surface area contributed by atoms with Gasteiger partial charge in [0.05, 0.1) is 0 Å². The van der Waals surface area contributed by atoms with Gasteiger partial charge in [-0.1, -0.05) is 60.7 Å². The van der Waals surface area contributed by atoms with E-state index in [4.69, 9.17) is 0 Å². The van der Waals surface area contributed by atoms with Crippen LogP contribution in [0, 0.1) is 0 Å². The molecule has 0 saturated carbocycles. The average Bonchev–Trinajstić information content (AvgIpc) is 2.32. The van der Waals surface area contributed by atoms with E-state index in [0.717, 1.165) is 0 Å². The second kappa shape index (κ2) is 3.58. The van der Waals surface area contributed by atoms with Crippen molar-refractivity contribution in [2.45, 2.75) is 0 Å². The monoisotopic (exact) mass is 228 g/mol. The first-order valence-electron chi connectivity index (χ1n) is 6.21. The average molecular weight is 228 g/mol. The van der Waals surface area contributed by atoms with E-state index in [1.54, 1.807) is 0 Å². The molecule has 0 nitrogen and oxygen atoms in total. The molecule has 0 amide bonds. The lowest BCUT2D eigenvalue weighted by molar-refractivity contribution is 1.47. The fraction of sp³-hybridized carbons (Fsp3) is 0. The smallest absolute Gasteiger partial charge is 0.0178 e. The Morgan fingerprint density at radius 3 is 1.94 bits per heavy atom. The molecule has 2 aromatic rings. The van der Waals surface area contributed by atoms with Gasteiger partial charge < -0.3 is 0 Å². The standard InChI is InChI=1S/C18H12/c1(13-3-5-15-7-9-17(15)11-13)2-14-4-6-16-8-10-18(16)12-14/h1-12H. The van der Waals surface area contributed by atoms with Gasteiger partial charge in [-0.15, -0.1) is 0 Å². The van der Waals surface area contributed by atoms with Gasteiger partial charge in [0.1, 0.15) is 0 Å². The fourth-order valence-electron chi connectivity index (χ4n) is 2.35. The molecular weight excluding hydrogens is 216 g/mol. The lowest BCUT2D eigenvalue weighted by atomic mass is 9.95. The van der Waals surface area contributed by atoms with E-state index >= 15 is 0 Å². The van der Waals surface area contributed by atoms with Crippen molar-refractivity contribution in [2.75, 3.05) is 0 Å². The highest BCUT2D eigenvalue weighted by molar-refractivity contribution is 5.87. The third kappa shape index (κ3) is 1.46. The van der Waals surface area contributed by atoms with Crippen LogP contribution in [-0.2, 0) is 0 Å². The largest absolute Gasteiger partial charge is 0.0544 e. The molecule has 0 fully saturated rings. The van der Waals surface area contributed by atoms with Gasteiger partial charge in [0.2, 0.25) is 0 Å². The van der Waals surface area contributed by atoms with Crippen LogP contribution >= 0.6 is 0 Å². The van der Waals surface area contributed by atoms with E-state index in [-0.39, 0.29) is 0 Å². The van der Waals surface area contributed by atoms with E-state index in [1.165, 1.54) is 32.7 Å². The third-order valence-electron chi connectivity index (χ3n) is 3.57. The Morgan fingerprint density at radius 1 is 0.611 bits per heavy atom. The molecular formula is C18H12. The van der Waals surface area contributed by atoms with Crippen molar-refractivity contribution in [1.29, 1.82) is 0 Å². The molecule has 18 heavy (non-hydrogen) atoms. The van der Waals surface area contributed by atoms with Gasteiger partial charge in [-0.3, -0.25) is 0 Å². The predicted molar refractivity (Wildman–Crippen MR) is 78.9 cm³/mol. The van der Waals surface area contributed by atoms with Crippen LogP contribution in [0.25, 0.3) is 36.5 Å². The predicted octanol–water partition coefficient (Wildman–Crippen LogP) is 2.92. The normalized spacial score (nSPS) is 14.0. The summed E-state index contributed by atoms with van der Waals surface area (Å²) in [7, 11) is 0. The van der Waals surface area contributed by atoms with Crippen molar-refractivity contribution in [3.05, 3.63) is 69.1 Å². The van der Waals surface area contributed by atoms with Crippen molar-refractivity contribution in [3.8, 4) is 0 Å². The van der Waals surface area contributed by atoms with Gasteiger partial charge in [-0.25, -0.2) is 0 Å². The van der Waals surface area contributed by atoms with Gasteiger partial charge in [-0.2, -0.15) is 0 Å². The highest BCUT2D eigenvalue weighted by atomic mass is 14.1. The van der Waals surface area contributed by atoms with E-state index < -0.39 is 0 Å².